The van der Waals surface area contributed by atoms with Gasteiger partial charge in [0.05, 0.1) is 12.5 Å². The van der Waals surface area contributed by atoms with E-state index in [2.05, 4.69) is 5.32 Å². The fraction of sp³-hybridized carbons (Fsp3) is 0.364. The van der Waals surface area contributed by atoms with E-state index in [1.165, 1.54) is 7.11 Å². The standard InChI is InChI=1S/C22H27NO5/c1-4-28-19-12-10-16(11-13-19)14-17(20(24)25)15-23-21(26)22(2,27-3)18-8-6-5-7-9-18/h5-13,17H,4,14-15H2,1-3H3,(H,23,26)(H,24,25). The van der Waals surface area contributed by atoms with Crippen molar-refractivity contribution in [1.29, 1.82) is 0 Å². The van der Waals surface area contributed by atoms with Crippen LogP contribution in [0, 0.1) is 5.92 Å². The highest BCUT2D eigenvalue weighted by atomic mass is 16.5. The first-order valence-electron chi connectivity index (χ1n) is 9.24. The van der Waals surface area contributed by atoms with Gasteiger partial charge in [0.15, 0.2) is 5.60 Å². The Morgan fingerprint density at radius 1 is 1.11 bits per heavy atom. The molecule has 0 aliphatic carbocycles. The van der Waals surface area contributed by atoms with E-state index in [9.17, 15) is 14.7 Å². The van der Waals surface area contributed by atoms with Crippen molar-refractivity contribution in [3.05, 3.63) is 65.7 Å². The van der Waals surface area contributed by atoms with Crippen LogP contribution in [0.2, 0.25) is 0 Å². The molecule has 2 unspecified atom stereocenters. The van der Waals surface area contributed by atoms with Gasteiger partial charge in [-0.3, -0.25) is 9.59 Å². The van der Waals surface area contributed by atoms with Crippen LogP contribution in [0.3, 0.4) is 0 Å². The van der Waals surface area contributed by atoms with Crippen LogP contribution in [0.5, 0.6) is 5.75 Å². The summed E-state index contributed by atoms with van der Waals surface area (Å²) in [6.07, 6.45) is 0.303. The zero-order valence-electron chi connectivity index (χ0n) is 16.5. The molecular formula is C22H27NO5. The molecule has 1 amide bonds. The average Bonchev–Trinajstić information content (AvgIpc) is 2.72. The van der Waals surface area contributed by atoms with E-state index in [4.69, 9.17) is 9.47 Å². The van der Waals surface area contributed by atoms with Gasteiger partial charge in [-0.1, -0.05) is 42.5 Å². The van der Waals surface area contributed by atoms with Crippen LogP contribution in [-0.2, 0) is 26.3 Å². The van der Waals surface area contributed by atoms with Crippen molar-refractivity contribution >= 4 is 11.9 Å². The number of aliphatic carboxylic acids is 1. The van der Waals surface area contributed by atoms with E-state index < -0.39 is 17.5 Å². The quantitative estimate of drug-likeness (QED) is 0.657. The Morgan fingerprint density at radius 3 is 2.29 bits per heavy atom. The zero-order valence-corrected chi connectivity index (χ0v) is 16.5. The molecule has 0 fully saturated rings. The van der Waals surface area contributed by atoms with Crippen molar-refractivity contribution in [3.8, 4) is 5.75 Å². The van der Waals surface area contributed by atoms with Gasteiger partial charge < -0.3 is 19.9 Å². The summed E-state index contributed by atoms with van der Waals surface area (Å²) >= 11 is 0. The number of carbonyl (C=O) groups is 2. The molecule has 0 bridgehead atoms. The van der Waals surface area contributed by atoms with Gasteiger partial charge in [0.1, 0.15) is 5.75 Å². The van der Waals surface area contributed by atoms with Gasteiger partial charge in [-0.2, -0.15) is 0 Å². The van der Waals surface area contributed by atoms with E-state index in [0.29, 0.717) is 18.6 Å². The molecule has 6 heteroatoms. The maximum Gasteiger partial charge on any atom is 0.308 e. The van der Waals surface area contributed by atoms with Gasteiger partial charge >= 0.3 is 5.97 Å². The molecule has 0 saturated carbocycles. The Balaban J connectivity index is 2.04. The van der Waals surface area contributed by atoms with Gasteiger partial charge in [0.25, 0.3) is 5.91 Å². The lowest BCUT2D eigenvalue weighted by atomic mass is 9.94. The maximum absolute atomic E-state index is 12.7. The summed E-state index contributed by atoms with van der Waals surface area (Å²) in [5.41, 5.74) is 0.375. The minimum Gasteiger partial charge on any atom is -0.494 e. The van der Waals surface area contributed by atoms with E-state index in [1.807, 2.05) is 49.4 Å². The molecule has 0 spiro atoms. The van der Waals surface area contributed by atoms with Gasteiger partial charge in [-0.25, -0.2) is 0 Å². The molecule has 2 aromatic rings. The molecule has 28 heavy (non-hydrogen) atoms. The van der Waals surface area contributed by atoms with Crippen LogP contribution in [0.4, 0.5) is 0 Å². The predicted molar refractivity (Wildman–Crippen MR) is 106 cm³/mol. The number of rotatable bonds is 10. The summed E-state index contributed by atoms with van der Waals surface area (Å²) in [7, 11) is 1.46. The second-order valence-corrected chi connectivity index (χ2v) is 6.63. The van der Waals surface area contributed by atoms with Crippen molar-refractivity contribution in [3.63, 3.8) is 0 Å². The first kappa shape index (κ1) is 21.4. The molecule has 2 rings (SSSR count). The summed E-state index contributed by atoms with van der Waals surface area (Å²) in [4.78, 5) is 24.4. The molecular weight excluding hydrogens is 358 g/mol. The molecule has 0 heterocycles. The second kappa shape index (κ2) is 9.90. The van der Waals surface area contributed by atoms with Crippen LogP contribution in [0.15, 0.2) is 54.6 Å². The highest BCUT2D eigenvalue weighted by Crippen LogP contribution is 2.25. The summed E-state index contributed by atoms with van der Waals surface area (Å²) in [6.45, 7) is 4.15. The summed E-state index contributed by atoms with van der Waals surface area (Å²) in [6, 6.07) is 16.4. The summed E-state index contributed by atoms with van der Waals surface area (Å²) < 4.78 is 10.9. The third kappa shape index (κ3) is 5.33. The normalized spacial score (nSPS) is 14.0. The molecule has 2 N–H and O–H groups in total. The topological polar surface area (TPSA) is 84.9 Å². The zero-order chi connectivity index (χ0) is 20.6. The first-order chi connectivity index (χ1) is 13.4. The van der Waals surface area contributed by atoms with Crippen molar-refractivity contribution in [2.45, 2.75) is 25.9 Å². The number of hydrogen-bond donors (Lipinski definition) is 2. The number of benzene rings is 2. The monoisotopic (exact) mass is 385 g/mol. The molecule has 0 aliphatic heterocycles. The number of nitrogens with one attached hydrogen (secondary N) is 1. The van der Waals surface area contributed by atoms with Gasteiger partial charge in [0.2, 0.25) is 0 Å². The van der Waals surface area contributed by atoms with Crippen molar-refractivity contribution in [2.75, 3.05) is 20.3 Å². The van der Waals surface area contributed by atoms with Gasteiger partial charge in [-0.05, 0) is 43.5 Å². The smallest absolute Gasteiger partial charge is 0.308 e. The minimum absolute atomic E-state index is 0.00710. The number of methoxy groups -OCH3 is 1. The van der Waals surface area contributed by atoms with Crippen LogP contribution in [0.1, 0.15) is 25.0 Å². The van der Waals surface area contributed by atoms with Crippen LogP contribution in [0.25, 0.3) is 0 Å². The molecule has 150 valence electrons. The third-order valence-corrected chi connectivity index (χ3v) is 4.74. The number of carboxylic acids is 1. The fourth-order valence-corrected chi connectivity index (χ4v) is 2.90. The summed E-state index contributed by atoms with van der Waals surface area (Å²) in [5, 5.41) is 12.3. The number of carboxylic acid groups (broad SMARTS) is 1. The van der Waals surface area contributed by atoms with Crippen LogP contribution >= 0.6 is 0 Å². The Bertz CT molecular complexity index is 775. The molecule has 2 aromatic carbocycles. The number of amides is 1. The fourth-order valence-electron chi connectivity index (χ4n) is 2.90. The van der Waals surface area contributed by atoms with Crippen LogP contribution < -0.4 is 10.1 Å². The Hall–Kier alpha value is -2.86. The third-order valence-electron chi connectivity index (χ3n) is 4.74. The Morgan fingerprint density at radius 2 is 1.75 bits per heavy atom. The second-order valence-electron chi connectivity index (χ2n) is 6.63. The lowest BCUT2D eigenvalue weighted by Gasteiger charge is -2.28. The molecule has 0 radical (unpaired) electrons. The number of carbonyl (C=O) groups excluding carboxylic acids is 1. The molecule has 2 atom stereocenters. The lowest BCUT2D eigenvalue weighted by molar-refractivity contribution is -0.144. The molecule has 0 aromatic heterocycles. The van der Waals surface area contributed by atoms with E-state index in [-0.39, 0.29) is 12.5 Å². The van der Waals surface area contributed by atoms with Gasteiger partial charge in [0, 0.05) is 13.7 Å². The Labute approximate surface area is 165 Å². The molecule has 0 saturated heterocycles. The Kier molecular flexibility index (Phi) is 7.58. The van der Waals surface area contributed by atoms with Crippen molar-refractivity contribution in [1.82, 2.24) is 5.32 Å². The summed E-state index contributed by atoms with van der Waals surface area (Å²) in [5.74, 6) is -1.35. The van der Waals surface area contributed by atoms with E-state index in [0.717, 1.165) is 11.3 Å². The predicted octanol–water partition coefficient (Wildman–Crippen LogP) is 3.01. The first-order valence-corrected chi connectivity index (χ1v) is 9.24. The SMILES string of the molecule is CCOc1ccc(CC(CNC(=O)C(C)(OC)c2ccccc2)C(=O)O)cc1. The van der Waals surface area contributed by atoms with Crippen molar-refractivity contribution in [2.24, 2.45) is 5.92 Å². The van der Waals surface area contributed by atoms with Gasteiger partial charge in [-0.15, -0.1) is 0 Å². The van der Waals surface area contributed by atoms with E-state index >= 15 is 0 Å². The van der Waals surface area contributed by atoms with Crippen molar-refractivity contribution < 1.29 is 24.2 Å². The highest BCUT2D eigenvalue weighted by molar-refractivity contribution is 5.86. The number of hydrogen-bond acceptors (Lipinski definition) is 4. The van der Waals surface area contributed by atoms with Crippen LogP contribution in [-0.4, -0.2) is 37.2 Å². The maximum atomic E-state index is 12.7. The number of ether oxygens (including phenoxy) is 2. The highest BCUT2D eigenvalue weighted by Gasteiger charge is 2.35. The largest absolute Gasteiger partial charge is 0.494 e. The molecule has 6 nitrogen and oxygen atoms in total. The molecule has 0 aliphatic rings. The van der Waals surface area contributed by atoms with E-state index in [1.54, 1.807) is 19.1 Å². The lowest BCUT2D eigenvalue weighted by Crippen LogP contribution is -2.46. The minimum atomic E-state index is -1.19. The average molecular weight is 385 g/mol.